The number of carbonyl (C=O) groups is 1. The maximum atomic E-state index is 11.8. The minimum absolute atomic E-state index is 0.165. The van der Waals surface area contributed by atoms with Crippen LogP contribution in [0.25, 0.3) is 0 Å². The molecule has 5 heteroatoms. The smallest absolute Gasteiger partial charge is 0.251 e. The Morgan fingerprint density at radius 3 is 2.88 bits per heavy atom. The predicted octanol–water partition coefficient (Wildman–Crippen LogP) is 2.55. The van der Waals surface area contributed by atoms with Crippen molar-refractivity contribution in [1.82, 2.24) is 5.32 Å². The molecule has 3 N–H and O–H groups in total. The highest BCUT2D eigenvalue weighted by molar-refractivity contribution is 9.10. The lowest BCUT2D eigenvalue weighted by atomic mass is 10.2. The zero-order valence-corrected chi connectivity index (χ0v) is 10.5. The Labute approximate surface area is 107 Å². The fraction of sp³-hybridized carbons (Fsp3) is 0.0833. The minimum Gasteiger partial charge on any atom is -0.467 e. The molecule has 0 spiro atoms. The van der Waals surface area contributed by atoms with Gasteiger partial charge >= 0.3 is 0 Å². The van der Waals surface area contributed by atoms with Crippen molar-refractivity contribution in [2.45, 2.75) is 6.54 Å². The summed E-state index contributed by atoms with van der Waals surface area (Å²) in [5.74, 6) is 0.551. The molecule has 1 aromatic heterocycles. The molecule has 17 heavy (non-hydrogen) atoms. The van der Waals surface area contributed by atoms with Crippen molar-refractivity contribution in [2.75, 3.05) is 5.73 Å². The van der Waals surface area contributed by atoms with Crippen LogP contribution in [-0.4, -0.2) is 5.91 Å². The normalized spacial score (nSPS) is 10.2. The number of hydrogen-bond donors (Lipinski definition) is 2. The number of halogens is 1. The summed E-state index contributed by atoms with van der Waals surface area (Å²) in [7, 11) is 0. The van der Waals surface area contributed by atoms with Crippen LogP contribution in [0.2, 0.25) is 0 Å². The van der Waals surface area contributed by atoms with E-state index in [0.717, 1.165) is 0 Å². The van der Waals surface area contributed by atoms with Gasteiger partial charge in [-0.1, -0.05) is 0 Å². The highest BCUT2D eigenvalue weighted by atomic mass is 79.9. The first kappa shape index (κ1) is 11.7. The number of furan rings is 1. The minimum atomic E-state index is -0.165. The van der Waals surface area contributed by atoms with Crippen LogP contribution >= 0.6 is 15.9 Å². The monoisotopic (exact) mass is 294 g/mol. The summed E-state index contributed by atoms with van der Waals surface area (Å²) >= 11 is 3.28. The average Bonchev–Trinajstić information content (AvgIpc) is 2.82. The molecule has 4 nitrogen and oxygen atoms in total. The van der Waals surface area contributed by atoms with Gasteiger partial charge in [-0.3, -0.25) is 4.79 Å². The van der Waals surface area contributed by atoms with Crippen LogP contribution in [0.4, 0.5) is 5.69 Å². The Balaban J connectivity index is 2.02. The number of nitrogen functional groups attached to an aromatic ring is 1. The van der Waals surface area contributed by atoms with Gasteiger partial charge in [0, 0.05) is 15.7 Å². The zero-order chi connectivity index (χ0) is 12.3. The molecule has 0 fully saturated rings. The molecule has 2 aromatic rings. The van der Waals surface area contributed by atoms with Crippen molar-refractivity contribution in [3.05, 3.63) is 52.4 Å². The summed E-state index contributed by atoms with van der Waals surface area (Å²) < 4.78 is 5.83. The topological polar surface area (TPSA) is 68.3 Å². The second-order valence-electron chi connectivity index (χ2n) is 3.50. The van der Waals surface area contributed by atoms with E-state index in [-0.39, 0.29) is 5.91 Å². The van der Waals surface area contributed by atoms with Crippen molar-refractivity contribution in [3.63, 3.8) is 0 Å². The lowest BCUT2D eigenvalue weighted by molar-refractivity contribution is 0.0948. The SMILES string of the molecule is Nc1ccc(C(=O)NCc2ccco2)cc1Br. The predicted molar refractivity (Wildman–Crippen MR) is 68.4 cm³/mol. The molecule has 1 aromatic carbocycles. The van der Waals surface area contributed by atoms with Crippen molar-refractivity contribution in [1.29, 1.82) is 0 Å². The van der Waals surface area contributed by atoms with Gasteiger partial charge < -0.3 is 15.5 Å². The maximum absolute atomic E-state index is 11.8. The molecule has 1 heterocycles. The summed E-state index contributed by atoms with van der Waals surface area (Å²) in [5, 5.41) is 2.75. The molecular weight excluding hydrogens is 284 g/mol. The van der Waals surface area contributed by atoms with Crippen LogP contribution in [0.15, 0.2) is 45.5 Å². The Morgan fingerprint density at radius 1 is 1.41 bits per heavy atom. The molecule has 2 rings (SSSR count). The first-order valence-corrected chi connectivity index (χ1v) is 5.82. The number of hydrogen-bond acceptors (Lipinski definition) is 3. The standard InChI is InChI=1S/C12H11BrN2O2/c13-10-6-8(3-4-11(10)14)12(16)15-7-9-2-1-5-17-9/h1-6H,7,14H2,(H,15,16). The van der Waals surface area contributed by atoms with Gasteiger partial charge in [0.2, 0.25) is 0 Å². The van der Waals surface area contributed by atoms with Gasteiger partial charge in [-0.05, 0) is 46.3 Å². The lowest BCUT2D eigenvalue weighted by Crippen LogP contribution is -2.22. The lowest BCUT2D eigenvalue weighted by Gasteiger charge is -2.05. The summed E-state index contributed by atoms with van der Waals surface area (Å²) in [6.45, 7) is 0.369. The molecule has 0 aliphatic heterocycles. The molecule has 0 aliphatic rings. The summed E-state index contributed by atoms with van der Waals surface area (Å²) in [4.78, 5) is 11.8. The van der Waals surface area contributed by atoms with E-state index in [0.29, 0.717) is 28.0 Å². The Bertz CT molecular complexity index is 523. The van der Waals surface area contributed by atoms with E-state index in [1.807, 2.05) is 0 Å². The quantitative estimate of drug-likeness (QED) is 0.855. The van der Waals surface area contributed by atoms with E-state index in [9.17, 15) is 4.79 Å². The Kier molecular flexibility index (Phi) is 3.49. The molecule has 0 unspecified atom stereocenters. The largest absolute Gasteiger partial charge is 0.467 e. The van der Waals surface area contributed by atoms with E-state index in [2.05, 4.69) is 21.2 Å². The first-order valence-electron chi connectivity index (χ1n) is 5.02. The van der Waals surface area contributed by atoms with Crippen LogP contribution < -0.4 is 11.1 Å². The van der Waals surface area contributed by atoms with Gasteiger partial charge in [-0.2, -0.15) is 0 Å². The molecule has 0 radical (unpaired) electrons. The number of amides is 1. The van der Waals surface area contributed by atoms with Crippen molar-refractivity contribution in [3.8, 4) is 0 Å². The third-order valence-electron chi connectivity index (χ3n) is 2.27. The second-order valence-corrected chi connectivity index (χ2v) is 4.35. The highest BCUT2D eigenvalue weighted by Gasteiger charge is 2.07. The number of anilines is 1. The van der Waals surface area contributed by atoms with Crippen LogP contribution in [0.3, 0.4) is 0 Å². The third kappa shape index (κ3) is 2.88. The summed E-state index contributed by atoms with van der Waals surface area (Å²) in [6.07, 6.45) is 1.57. The molecule has 0 saturated heterocycles. The van der Waals surface area contributed by atoms with Crippen LogP contribution in [0.1, 0.15) is 16.1 Å². The van der Waals surface area contributed by atoms with Gasteiger partial charge in [0.25, 0.3) is 5.91 Å². The number of benzene rings is 1. The van der Waals surface area contributed by atoms with Crippen molar-refractivity contribution in [2.24, 2.45) is 0 Å². The van der Waals surface area contributed by atoms with Crippen molar-refractivity contribution < 1.29 is 9.21 Å². The van der Waals surface area contributed by atoms with E-state index in [1.165, 1.54) is 0 Å². The molecule has 1 amide bonds. The zero-order valence-electron chi connectivity index (χ0n) is 8.94. The van der Waals surface area contributed by atoms with Gasteiger partial charge in [0.15, 0.2) is 0 Å². The number of nitrogens with one attached hydrogen (secondary N) is 1. The fourth-order valence-corrected chi connectivity index (χ4v) is 1.73. The fourth-order valence-electron chi connectivity index (χ4n) is 1.35. The van der Waals surface area contributed by atoms with E-state index in [1.54, 1.807) is 36.6 Å². The Hall–Kier alpha value is -1.75. The van der Waals surface area contributed by atoms with Crippen molar-refractivity contribution >= 4 is 27.5 Å². The molecule has 0 bridgehead atoms. The van der Waals surface area contributed by atoms with Gasteiger partial charge in [-0.25, -0.2) is 0 Å². The van der Waals surface area contributed by atoms with E-state index < -0.39 is 0 Å². The van der Waals surface area contributed by atoms with Gasteiger partial charge in [0.1, 0.15) is 5.76 Å². The second kappa shape index (κ2) is 5.05. The average molecular weight is 295 g/mol. The molecule has 88 valence electrons. The summed E-state index contributed by atoms with van der Waals surface area (Å²) in [6, 6.07) is 8.64. The van der Waals surface area contributed by atoms with E-state index >= 15 is 0 Å². The van der Waals surface area contributed by atoms with E-state index in [4.69, 9.17) is 10.2 Å². The molecule has 0 saturated carbocycles. The highest BCUT2D eigenvalue weighted by Crippen LogP contribution is 2.20. The number of rotatable bonds is 3. The molecule has 0 aliphatic carbocycles. The maximum Gasteiger partial charge on any atom is 0.251 e. The first-order chi connectivity index (χ1) is 8.16. The third-order valence-corrected chi connectivity index (χ3v) is 2.95. The molecular formula is C12H11BrN2O2. The van der Waals surface area contributed by atoms with Gasteiger partial charge in [-0.15, -0.1) is 0 Å². The van der Waals surface area contributed by atoms with Gasteiger partial charge in [0.05, 0.1) is 12.8 Å². The molecule has 0 atom stereocenters. The number of nitrogens with two attached hydrogens (primary N) is 1. The summed E-state index contributed by atoms with van der Waals surface area (Å²) in [5.41, 5.74) is 6.80. The van der Waals surface area contributed by atoms with Crippen LogP contribution in [-0.2, 0) is 6.54 Å². The Morgan fingerprint density at radius 2 is 2.24 bits per heavy atom. The van der Waals surface area contributed by atoms with Crippen LogP contribution in [0, 0.1) is 0 Å². The number of carbonyl (C=O) groups excluding carboxylic acids is 1. The van der Waals surface area contributed by atoms with Crippen LogP contribution in [0.5, 0.6) is 0 Å².